The van der Waals surface area contributed by atoms with E-state index >= 15 is 0 Å². The lowest BCUT2D eigenvalue weighted by molar-refractivity contribution is -0.129. The zero-order chi connectivity index (χ0) is 8.60. The van der Waals surface area contributed by atoms with Crippen molar-refractivity contribution < 1.29 is 4.79 Å². The molecular formula is C9H16N2O. The summed E-state index contributed by atoms with van der Waals surface area (Å²) in [6.45, 7) is 0.853. The molecule has 0 unspecified atom stereocenters. The zero-order valence-corrected chi connectivity index (χ0v) is 7.31. The van der Waals surface area contributed by atoms with E-state index in [1.807, 2.05) is 0 Å². The highest BCUT2D eigenvalue weighted by atomic mass is 16.2. The van der Waals surface area contributed by atoms with E-state index < -0.39 is 0 Å². The van der Waals surface area contributed by atoms with Crippen LogP contribution in [0.2, 0.25) is 0 Å². The molecule has 2 aliphatic rings. The SMILES string of the molecule is N[C@@H]1CCC[C@]2(CCNC2=O)C1. The maximum Gasteiger partial charge on any atom is 0.226 e. The van der Waals surface area contributed by atoms with Crippen molar-refractivity contribution in [1.29, 1.82) is 0 Å². The molecule has 0 aromatic heterocycles. The Bertz CT molecular complexity index is 205. The summed E-state index contributed by atoms with van der Waals surface area (Å²) in [7, 11) is 0. The second kappa shape index (κ2) is 2.73. The second-order valence-electron chi connectivity index (χ2n) is 4.14. The van der Waals surface area contributed by atoms with E-state index in [0.717, 1.165) is 38.6 Å². The minimum absolute atomic E-state index is 0.0718. The topological polar surface area (TPSA) is 55.1 Å². The molecule has 1 aliphatic carbocycles. The molecule has 3 N–H and O–H groups in total. The molecule has 1 aliphatic heterocycles. The fraction of sp³-hybridized carbons (Fsp3) is 0.889. The minimum Gasteiger partial charge on any atom is -0.356 e. The van der Waals surface area contributed by atoms with E-state index in [4.69, 9.17) is 5.73 Å². The van der Waals surface area contributed by atoms with Crippen LogP contribution in [0.3, 0.4) is 0 Å². The van der Waals surface area contributed by atoms with Crippen LogP contribution in [0.5, 0.6) is 0 Å². The summed E-state index contributed by atoms with van der Waals surface area (Å²) in [6.07, 6.45) is 5.16. The lowest BCUT2D eigenvalue weighted by Crippen LogP contribution is -2.40. The van der Waals surface area contributed by atoms with Crippen molar-refractivity contribution in [2.24, 2.45) is 11.1 Å². The molecule has 1 saturated heterocycles. The Morgan fingerprint density at radius 3 is 2.92 bits per heavy atom. The van der Waals surface area contributed by atoms with Crippen molar-refractivity contribution in [2.75, 3.05) is 6.54 Å². The van der Waals surface area contributed by atoms with Crippen molar-refractivity contribution in [3.8, 4) is 0 Å². The van der Waals surface area contributed by atoms with Gasteiger partial charge in [0.2, 0.25) is 5.91 Å². The van der Waals surface area contributed by atoms with Crippen LogP contribution < -0.4 is 11.1 Å². The first kappa shape index (κ1) is 8.05. The van der Waals surface area contributed by atoms with Crippen LogP contribution in [0.1, 0.15) is 32.1 Å². The Morgan fingerprint density at radius 2 is 2.33 bits per heavy atom. The summed E-state index contributed by atoms with van der Waals surface area (Å²) in [5.74, 6) is 0.248. The van der Waals surface area contributed by atoms with Crippen LogP contribution in [-0.2, 0) is 4.79 Å². The molecule has 68 valence electrons. The summed E-state index contributed by atoms with van der Waals surface area (Å²) in [5.41, 5.74) is 5.80. The quantitative estimate of drug-likeness (QED) is 0.550. The van der Waals surface area contributed by atoms with Gasteiger partial charge in [-0.1, -0.05) is 6.42 Å². The molecule has 1 saturated carbocycles. The summed E-state index contributed by atoms with van der Waals surface area (Å²) >= 11 is 0. The number of nitrogens with one attached hydrogen (secondary N) is 1. The van der Waals surface area contributed by atoms with Gasteiger partial charge in [-0.15, -0.1) is 0 Å². The number of amides is 1. The highest BCUT2D eigenvalue weighted by Crippen LogP contribution is 2.41. The lowest BCUT2D eigenvalue weighted by Gasteiger charge is -2.33. The Morgan fingerprint density at radius 1 is 1.50 bits per heavy atom. The molecule has 1 amide bonds. The highest BCUT2D eigenvalue weighted by Gasteiger charge is 2.44. The van der Waals surface area contributed by atoms with Gasteiger partial charge in [0.1, 0.15) is 0 Å². The fourth-order valence-corrected chi connectivity index (χ4v) is 2.56. The molecule has 3 heteroatoms. The van der Waals surface area contributed by atoms with E-state index in [2.05, 4.69) is 5.32 Å². The predicted molar refractivity (Wildman–Crippen MR) is 46.5 cm³/mol. The Labute approximate surface area is 72.7 Å². The zero-order valence-electron chi connectivity index (χ0n) is 7.31. The van der Waals surface area contributed by atoms with Crippen molar-refractivity contribution in [3.63, 3.8) is 0 Å². The number of rotatable bonds is 0. The molecule has 2 fully saturated rings. The van der Waals surface area contributed by atoms with Gasteiger partial charge in [0.15, 0.2) is 0 Å². The van der Waals surface area contributed by atoms with Crippen LogP contribution in [0, 0.1) is 5.41 Å². The summed E-state index contributed by atoms with van der Waals surface area (Å²) in [6, 6.07) is 0.252. The summed E-state index contributed by atoms with van der Waals surface area (Å²) < 4.78 is 0. The molecule has 0 bridgehead atoms. The normalized spacial score (nSPS) is 41.8. The van der Waals surface area contributed by atoms with Gasteiger partial charge < -0.3 is 11.1 Å². The van der Waals surface area contributed by atoms with Gasteiger partial charge in [-0.3, -0.25) is 4.79 Å². The standard InChI is InChI=1S/C9H16N2O/c10-7-2-1-3-9(6-7)4-5-11-8(9)12/h7H,1-6,10H2,(H,11,12)/t7-,9+/m1/s1. The second-order valence-corrected chi connectivity index (χ2v) is 4.14. The lowest BCUT2D eigenvalue weighted by atomic mass is 9.71. The largest absolute Gasteiger partial charge is 0.356 e. The first-order chi connectivity index (χ1) is 5.73. The Kier molecular flexibility index (Phi) is 1.83. The van der Waals surface area contributed by atoms with Gasteiger partial charge >= 0.3 is 0 Å². The molecule has 2 rings (SSSR count). The average Bonchev–Trinajstić information content (AvgIpc) is 2.33. The van der Waals surface area contributed by atoms with Crippen LogP contribution in [0.4, 0.5) is 0 Å². The Balaban J connectivity index is 2.13. The van der Waals surface area contributed by atoms with Crippen LogP contribution in [-0.4, -0.2) is 18.5 Å². The number of hydrogen-bond acceptors (Lipinski definition) is 2. The first-order valence-electron chi connectivity index (χ1n) is 4.77. The first-order valence-corrected chi connectivity index (χ1v) is 4.77. The van der Waals surface area contributed by atoms with Crippen molar-refractivity contribution in [3.05, 3.63) is 0 Å². The maximum atomic E-state index is 11.5. The molecule has 12 heavy (non-hydrogen) atoms. The minimum atomic E-state index is -0.0718. The number of carbonyl (C=O) groups is 1. The van der Waals surface area contributed by atoms with Gasteiger partial charge in [0, 0.05) is 12.6 Å². The van der Waals surface area contributed by atoms with Crippen molar-refractivity contribution in [2.45, 2.75) is 38.1 Å². The Hall–Kier alpha value is -0.570. The van der Waals surface area contributed by atoms with Crippen LogP contribution >= 0.6 is 0 Å². The van der Waals surface area contributed by atoms with Gasteiger partial charge in [-0.2, -0.15) is 0 Å². The third-order valence-corrected chi connectivity index (χ3v) is 3.25. The number of hydrogen-bond donors (Lipinski definition) is 2. The van der Waals surface area contributed by atoms with E-state index in [1.54, 1.807) is 0 Å². The van der Waals surface area contributed by atoms with Gasteiger partial charge in [0.05, 0.1) is 5.41 Å². The maximum absolute atomic E-state index is 11.5. The van der Waals surface area contributed by atoms with E-state index in [0.29, 0.717) is 0 Å². The fourth-order valence-electron chi connectivity index (χ4n) is 2.56. The van der Waals surface area contributed by atoms with Crippen molar-refractivity contribution >= 4 is 5.91 Å². The molecule has 0 aromatic rings. The van der Waals surface area contributed by atoms with Gasteiger partial charge in [0.25, 0.3) is 0 Å². The van der Waals surface area contributed by atoms with E-state index in [1.165, 1.54) is 0 Å². The van der Waals surface area contributed by atoms with Gasteiger partial charge in [-0.25, -0.2) is 0 Å². The number of carbonyl (C=O) groups excluding carboxylic acids is 1. The predicted octanol–water partition coefficient (Wildman–Crippen LogP) is 0.394. The van der Waals surface area contributed by atoms with E-state index in [-0.39, 0.29) is 17.4 Å². The molecule has 0 radical (unpaired) electrons. The molecule has 2 atom stereocenters. The van der Waals surface area contributed by atoms with Gasteiger partial charge in [-0.05, 0) is 25.7 Å². The third kappa shape index (κ3) is 1.12. The molecule has 0 aromatic carbocycles. The monoisotopic (exact) mass is 168 g/mol. The van der Waals surface area contributed by atoms with Crippen LogP contribution in [0.25, 0.3) is 0 Å². The smallest absolute Gasteiger partial charge is 0.226 e. The summed E-state index contributed by atoms with van der Waals surface area (Å²) in [5, 5.41) is 2.91. The van der Waals surface area contributed by atoms with Crippen molar-refractivity contribution in [1.82, 2.24) is 5.32 Å². The van der Waals surface area contributed by atoms with Crippen LogP contribution in [0.15, 0.2) is 0 Å². The molecular weight excluding hydrogens is 152 g/mol. The molecule has 3 nitrogen and oxygen atoms in total. The summed E-state index contributed by atoms with van der Waals surface area (Å²) in [4.78, 5) is 11.5. The highest BCUT2D eigenvalue weighted by molar-refractivity contribution is 5.84. The van der Waals surface area contributed by atoms with E-state index in [9.17, 15) is 4.79 Å². The molecule has 1 spiro atoms. The number of nitrogens with two attached hydrogens (primary N) is 1. The third-order valence-electron chi connectivity index (χ3n) is 3.25. The average molecular weight is 168 g/mol. The molecule has 1 heterocycles.